The number of para-hydroxylation sites is 1. The van der Waals surface area contributed by atoms with Crippen LogP contribution in [0.1, 0.15) is 46.5 Å². The molecule has 3 aromatic carbocycles. The quantitative estimate of drug-likeness (QED) is 0.294. The van der Waals surface area contributed by atoms with E-state index in [1.165, 1.54) is 36.9 Å². The van der Waals surface area contributed by atoms with Crippen LogP contribution in [0.4, 0.5) is 5.69 Å². The van der Waals surface area contributed by atoms with E-state index in [1.807, 2.05) is 18.2 Å². The minimum atomic E-state index is -3.72. The molecule has 0 saturated heterocycles. The van der Waals surface area contributed by atoms with E-state index in [0.717, 1.165) is 25.1 Å². The van der Waals surface area contributed by atoms with Crippen molar-refractivity contribution in [3.05, 3.63) is 95.6 Å². The zero-order valence-corrected chi connectivity index (χ0v) is 20.8. The first-order valence-corrected chi connectivity index (χ1v) is 13.1. The molecule has 0 spiro atoms. The lowest BCUT2D eigenvalue weighted by atomic mass is 10.1. The molecule has 3 aromatic rings. The molecule has 0 aliphatic carbocycles. The second-order valence-electron chi connectivity index (χ2n) is 8.13. The molecule has 0 radical (unpaired) electrons. The molecule has 2 N–H and O–H groups in total. The van der Waals surface area contributed by atoms with E-state index < -0.39 is 10.0 Å². The van der Waals surface area contributed by atoms with Gasteiger partial charge in [-0.25, -0.2) is 13.1 Å². The van der Waals surface area contributed by atoms with Gasteiger partial charge in [0.2, 0.25) is 10.0 Å². The van der Waals surface area contributed by atoms with Gasteiger partial charge in [-0.3, -0.25) is 9.59 Å². The van der Waals surface area contributed by atoms with Crippen LogP contribution in [0.15, 0.2) is 83.8 Å². The third-order valence-electron chi connectivity index (χ3n) is 5.65. The Hall–Kier alpha value is -3.49. The summed E-state index contributed by atoms with van der Waals surface area (Å²) in [6.07, 6.45) is 0.821. The van der Waals surface area contributed by atoms with E-state index in [2.05, 4.69) is 34.0 Å². The Morgan fingerprint density at radius 3 is 2.09 bits per heavy atom. The van der Waals surface area contributed by atoms with Crippen molar-refractivity contribution in [2.75, 3.05) is 24.5 Å². The number of hydrogen-bond donors (Lipinski definition) is 2. The van der Waals surface area contributed by atoms with Gasteiger partial charge in [-0.2, -0.15) is 0 Å². The van der Waals surface area contributed by atoms with E-state index in [4.69, 9.17) is 0 Å². The molecular formula is C27H31N3O4S. The van der Waals surface area contributed by atoms with Gasteiger partial charge < -0.3 is 10.2 Å². The van der Waals surface area contributed by atoms with Crippen molar-refractivity contribution in [2.45, 2.75) is 31.7 Å². The third-order valence-corrected chi connectivity index (χ3v) is 7.06. The summed E-state index contributed by atoms with van der Waals surface area (Å²) in [6.45, 7) is 5.93. The average Bonchev–Trinajstić information content (AvgIpc) is 2.88. The minimum absolute atomic E-state index is 0.0883. The van der Waals surface area contributed by atoms with Crippen LogP contribution in [0.5, 0.6) is 0 Å². The van der Waals surface area contributed by atoms with Crippen LogP contribution in [-0.2, 0) is 16.6 Å². The summed E-state index contributed by atoms with van der Waals surface area (Å²) in [6, 6.07) is 22.8. The SMILES string of the molecule is CCN(CCCNC(=O)c1ccc(CNS(=O)(=O)c2ccc(C(C)=O)cc2)cc1)c1ccccc1. The number of nitrogens with zero attached hydrogens (tertiary/aromatic N) is 1. The zero-order chi connectivity index (χ0) is 25.3. The number of hydrogen-bond acceptors (Lipinski definition) is 5. The molecule has 35 heavy (non-hydrogen) atoms. The van der Waals surface area contributed by atoms with Crippen molar-refractivity contribution in [1.82, 2.24) is 10.0 Å². The van der Waals surface area contributed by atoms with Gasteiger partial charge in [0.05, 0.1) is 4.90 Å². The molecule has 3 rings (SSSR count). The molecule has 184 valence electrons. The number of nitrogens with one attached hydrogen (secondary N) is 2. The standard InChI is InChI=1S/C27H31N3O4S/c1-3-30(25-8-5-4-6-9-25)19-7-18-28-27(32)24-12-10-22(11-13-24)20-29-35(33,34)26-16-14-23(15-17-26)21(2)31/h4-6,8-17,29H,3,7,18-20H2,1-2H3,(H,28,32). The maximum Gasteiger partial charge on any atom is 0.251 e. The van der Waals surface area contributed by atoms with Crippen LogP contribution < -0.4 is 14.9 Å². The smallest absolute Gasteiger partial charge is 0.251 e. The highest BCUT2D eigenvalue weighted by molar-refractivity contribution is 7.89. The molecule has 0 aliphatic rings. The Bertz CT molecular complexity index is 1230. The van der Waals surface area contributed by atoms with Crippen molar-refractivity contribution >= 4 is 27.4 Å². The van der Waals surface area contributed by atoms with Crippen LogP contribution >= 0.6 is 0 Å². The summed E-state index contributed by atoms with van der Waals surface area (Å²) in [5.74, 6) is -0.286. The summed E-state index contributed by atoms with van der Waals surface area (Å²) in [4.78, 5) is 26.2. The molecule has 8 heteroatoms. The largest absolute Gasteiger partial charge is 0.372 e. The van der Waals surface area contributed by atoms with Crippen LogP contribution in [0.3, 0.4) is 0 Å². The normalized spacial score (nSPS) is 11.1. The Morgan fingerprint density at radius 2 is 1.49 bits per heavy atom. The first kappa shape index (κ1) is 26.1. The van der Waals surface area contributed by atoms with Crippen molar-refractivity contribution in [3.63, 3.8) is 0 Å². The predicted molar refractivity (Wildman–Crippen MR) is 138 cm³/mol. The number of rotatable bonds is 12. The Morgan fingerprint density at radius 1 is 0.857 bits per heavy atom. The highest BCUT2D eigenvalue weighted by atomic mass is 32.2. The lowest BCUT2D eigenvalue weighted by Crippen LogP contribution is -2.30. The zero-order valence-electron chi connectivity index (χ0n) is 20.0. The van der Waals surface area contributed by atoms with Gasteiger partial charge in [0, 0.05) is 43.0 Å². The highest BCUT2D eigenvalue weighted by Crippen LogP contribution is 2.14. The number of Topliss-reactive ketones (excluding diaryl/α,β-unsaturated/α-hetero) is 1. The van der Waals surface area contributed by atoms with E-state index in [9.17, 15) is 18.0 Å². The molecule has 0 fully saturated rings. The first-order chi connectivity index (χ1) is 16.8. The lowest BCUT2D eigenvalue weighted by Gasteiger charge is -2.23. The number of carbonyl (C=O) groups is 2. The first-order valence-electron chi connectivity index (χ1n) is 11.6. The van der Waals surface area contributed by atoms with Crippen molar-refractivity contribution in [3.8, 4) is 0 Å². The van der Waals surface area contributed by atoms with Gasteiger partial charge in [-0.1, -0.05) is 42.5 Å². The lowest BCUT2D eigenvalue weighted by molar-refractivity contribution is 0.0952. The minimum Gasteiger partial charge on any atom is -0.372 e. The van der Waals surface area contributed by atoms with Gasteiger partial charge in [0.25, 0.3) is 5.91 Å². The molecule has 0 saturated carbocycles. The number of ketones is 1. The third kappa shape index (κ3) is 7.50. The van der Waals surface area contributed by atoms with Crippen LogP contribution in [-0.4, -0.2) is 39.7 Å². The van der Waals surface area contributed by atoms with E-state index >= 15 is 0 Å². The number of amides is 1. The number of carbonyl (C=O) groups excluding carboxylic acids is 2. The van der Waals surface area contributed by atoms with E-state index in [1.54, 1.807) is 24.3 Å². The Kier molecular flexibility index (Phi) is 9.17. The fourth-order valence-corrected chi connectivity index (χ4v) is 4.60. The molecular weight excluding hydrogens is 462 g/mol. The molecule has 0 bridgehead atoms. The Labute approximate surface area is 207 Å². The summed E-state index contributed by atoms with van der Waals surface area (Å²) >= 11 is 0. The second-order valence-corrected chi connectivity index (χ2v) is 9.89. The topological polar surface area (TPSA) is 95.6 Å². The highest BCUT2D eigenvalue weighted by Gasteiger charge is 2.14. The molecule has 1 amide bonds. The molecule has 0 atom stereocenters. The van der Waals surface area contributed by atoms with Gasteiger partial charge in [-0.15, -0.1) is 0 Å². The number of anilines is 1. The molecule has 0 aliphatic heterocycles. The van der Waals surface area contributed by atoms with E-state index in [-0.39, 0.29) is 23.1 Å². The van der Waals surface area contributed by atoms with Gasteiger partial charge in [-0.05, 0) is 62.2 Å². The second kappa shape index (κ2) is 12.3. The van der Waals surface area contributed by atoms with E-state index in [0.29, 0.717) is 17.7 Å². The maximum absolute atomic E-state index is 12.5. The van der Waals surface area contributed by atoms with Crippen LogP contribution in [0, 0.1) is 0 Å². The molecule has 0 heterocycles. The summed E-state index contributed by atoms with van der Waals surface area (Å²) in [5.41, 5.74) is 2.87. The molecule has 0 aromatic heterocycles. The summed E-state index contributed by atoms with van der Waals surface area (Å²) in [7, 11) is -3.72. The van der Waals surface area contributed by atoms with Gasteiger partial charge >= 0.3 is 0 Å². The van der Waals surface area contributed by atoms with Gasteiger partial charge in [0.15, 0.2) is 5.78 Å². The fourth-order valence-electron chi connectivity index (χ4n) is 3.59. The number of sulfonamides is 1. The summed E-state index contributed by atoms with van der Waals surface area (Å²) < 4.78 is 27.6. The maximum atomic E-state index is 12.5. The summed E-state index contributed by atoms with van der Waals surface area (Å²) in [5, 5.41) is 2.94. The van der Waals surface area contributed by atoms with Crippen LogP contribution in [0.2, 0.25) is 0 Å². The molecule has 0 unspecified atom stereocenters. The van der Waals surface area contributed by atoms with Gasteiger partial charge in [0.1, 0.15) is 0 Å². The van der Waals surface area contributed by atoms with Crippen molar-refractivity contribution in [2.24, 2.45) is 0 Å². The monoisotopic (exact) mass is 493 g/mol. The number of benzene rings is 3. The fraction of sp³-hybridized carbons (Fsp3) is 0.259. The molecule has 7 nitrogen and oxygen atoms in total. The van der Waals surface area contributed by atoms with Crippen molar-refractivity contribution < 1.29 is 18.0 Å². The van der Waals surface area contributed by atoms with Crippen molar-refractivity contribution in [1.29, 1.82) is 0 Å². The Balaban J connectivity index is 1.46. The van der Waals surface area contributed by atoms with Crippen LogP contribution in [0.25, 0.3) is 0 Å². The average molecular weight is 494 g/mol. The predicted octanol–water partition coefficient (Wildman–Crippen LogP) is 4.01.